The molecule has 26 heavy (non-hydrogen) atoms. The first-order valence-corrected chi connectivity index (χ1v) is 8.64. The second-order valence-electron chi connectivity index (χ2n) is 6.37. The number of amides is 2. The number of carbonyl (C=O) groups is 2. The van der Waals surface area contributed by atoms with Crippen LogP contribution < -0.4 is 20.7 Å². The van der Waals surface area contributed by atoms with Crippen LogP contribution in [0.3, 0.4) is 0 Å². The molecule has 2 aromatic rings. The average molecular weight is 353 g/mol. The van der Waals surface area contributed by atoms with Crippen molar-refractivity contribution in [2.24, 2.45) is 0 Å². The molecule has 0 radical (unpaired) electrons. The van der Waals surface area contributed by atoms with Crippen molar-refractivity contribution < 1.29 is 14.3 Å². The molecular weight excluding hydrogens is 330 g/mol. The Kier molecular flexibility index (Phi) is 5.41. The molecular formula is C20H23N3O3. The monoisotopic (exact) mass is 353 g/mol. The fourth-order valence-corrected chi connectivity index (χ4v) is 2.72. The van der Waals surface area contributed by atoms with Gasteiger partial charge >= 0.3 is 0 Å². The molecule has 1 aliphatic carbocycles. The van der Waals surface area contributed by atoms with Crippen LogP contribution >= 0.6 is 0 Å². The van der Waals surface area contributed by atoms with Crippen molar-refractivity contribution in [3.05, 3.63) is 54.1 Å². The number of anilines is 2. The van der Waals surface area contributed by atoms with Crippen molar-refractivity contribution in [3.8, 4) is 5.75 Å². The van der Waals surface area contributed by atoms with Gasteiger partial charge in [0.2, 0.25) is 11.8 Å². The van der Waals surface area contributed by atoms with Gasteiger partial charge in [0.05, 0.1) is 12.8 Å². The third-order valence-electron chi connectivity index (χ3n) is 4.14. The van der Waals surface area contributed by atoms with Crippen LogP contribution in [0.25, 0.3) is 0 Å². The fraction of sp³-hybridized carbons (Fsp3) is 0.300. The lowest BCUT2D eigenvalue weighted by Crippen LogP contribution is -2.34. The number of nitrogens with one attached hydrogen (secondary N) is 3. The van der Waals surface area contributed by atoms with Gasteiger partial charge in [0, 0.05) is 18.7 Å². The summed E-state index contributed by atoms with van der Waals surface area (Å²) in [5, 5.41) is 9.06. The van der Waals surface area contributed by atoms with Crippen LogP contribution in [0.4, 0.5) is 11.4 Å². The highest BCUT2D eigenvalue weighted by Crippen LogP contribution is 2.32. The summed E-state index contributed by atoms with van der Waals surface area (Å²) in [7, 11) is 1.57. The highest BCUT2D eigenvalue weighted by atomic mass is 16.5. The molecule has 3 rings (SSSR count). The lowest BCUT2D eigenvalue weighted by molar-refractivity contribution is -0.122. The van der Waals surface area contributed by atoms with E-state index in [1.807, 2.05) is 30.3 Å². The highest BCUT2D eigenvalue weighted by Gasteiger charge is 2.29. The van der Waals surface area contributed by atoms with Crippen LogP contribution in [-0.2, 0) is 9.59 Å². The summed E-state index contributed by atoms with van der Waals surface area (Å²) in [4.78, 5) is 24.1. The van der Waals surface area contributed by atoms with E-state index in [0.29, 0.717) is 17.1 Å². The van der Waals surface area contributed by atoms with E-state index in [1.54, 1.807) is 25.3 Å². The maximum absolute atomic E-state index is 12.8. The molecule has 1 atom stereocenters. The van der Waals surface area contributed by atoms with Crippen molar-refractivity contribution in [1.29, 1.82) is 0 Å². The molecule has 0 spiro atoms. The van der Waals surface area contributed by atoms with Crippen LogP contribution in [-0.4, -0.2) is 25.0 Å². The molecule has 0 aromatic heterocycles. The quantitative estimate of drug-likeness (QED) is 0.715. The lowest BCUT2D eigenvalue weighted by atomic mass is 10.1. The molecule has 0 heterocycles. The number of hydrogen-bond donors (Lipinski definition) is 3. The molecule has 0 aliphatic heterocycles. The summed E-state index contributed by atoms with van der Waals surface area (Å²) >= 11 is 0. The summed E-state index contributed by atoms with van der Waals surface area (Å²) in [5.74, 6) is 0.358. The van der Waals surface area contributed by atoms with E-state index in [4.69, 9.17) is 4.74 Å². The van der Waals surface area contributed by atoms with Crippen molar-refractivity contribution >= 4 is 23.2 Å². The average Bonchev–Trinajstić information content (AvgIpc) is 3.44. The van der Waals surface area contributed by atoms with Gasteiger partial charge in [0.15, 0.2) is 0 Å². The van der Waals surface area contributed by atoms with Crippen molar-refractivity contribution in [2.75, 3.05) is 17.7 Å². The van der Waals surface area contributed by atoms with E-state index in [2.05, 4.69) is 16.0 Å². The number of ether oxygens (including phenoxy) is 1. The van der Waals surface area contributed by atoms with Crippen molar-refractivity contribution in [2.45, 2.75) is 31.8 Å². The zero-order chi connectivity index (χ0) is 18.5. The van der Waals surface area contributed by atoms with Crippen LogP contribution in [0.2, 0.25) is 0 Å². The fourth-order valence-electron chi connectivity index (χ4n) is 2.72. The van der Waals surface area contributed by atoms with Gasteiger partial charge in [-0.1, -0.05) is 30.3 Å². The minimum absolute atomic E-state index is 0.0781. The molecule has 1 fully saturated rings. The molecule has 6 heteroatoms. The standard InChI is InChI=1S/C20H23N3O3/c1-13(24)21-16-10-11-18(26-2)17(12-16)23-19(14-6-4-3-5-7-14)20(25)22-15-8-9-15/h3-7,10-12,15,19,23H,8-9H2,1-2H3,(H,21,24)(H,22,25)/t19-/m0/s1. The van der Waals surface area contributed by atoms with Crippen LogP contribution in [0.5, 0.6) is 5.75 Å². The minimum atomic E-state index is -0.557. The summed E-state index contributed by atoms with van der Waals surface area (Å²) in [6, 6.07) is 14.5. The largest absolute Gasteiger partial charge is 0.495 e. The van der Waals surface area contributed by atoms with Crippen molar-refractivity contribution in [3.63, 3.8) is 0 Å². The number of rotatable bonds is 7. The third kappa shape index (κ3) is 4.53. The number of hydrogen-bond acceptors (Lipinski definition) is 4. The predicted molar refractivity (Wildman–Crippen MR) is 101 cm³/mol. The van der Waals surface area contributed by atoms with E-state index < -0.39 is 6.04 Å². The Balaban J connectivity index is 1.89. The van der Waals surface area contributed by atoms with E-state index in [-0.39, 0.29) is 17.9 Å². The van der Waals surface area contributed by atoms with E-state index in [9.17, 15) is 9.59 Å². The van der Waals surface area contributed by atoms with Gasteiger partial charge in [-0.2, -0.15) is 0 Å². The molecule has 2 amide bonds. The second-order valence-corrected chi connectivity index (χ2v) is 6.37. The number of methoxy groups -OCH3 is 1. The zero-order valence-electron chi connectivity index (χ0n) is 14.9. The molecule has 1 aliphatic rings. The topological polar surface area (TPSA) is 79.5 Å². The van der Waals surface area contributed by atoms with Crippen LogP contribution in [0, 0.1) is 0 Å². The molecule has 0 unspecified atom stereocenters. The molecule has 0 bridgehead atoms. The van der Waals surface area contributed by atoms with Gasteiger partial charge in [0.1, 0.15) is 11.8 Å². The van der Waals surface area contributed by atoms with Gasteiger partial charge < -0.3 is 20.7 Å². The lowest BCUT2D eigenvalue weighted by Gasteiger charge is -2.22. The first-order chi connectivity index (χ1) is 12.6. The van der Waals surface area contributed by atoms with Crippen LogP contribution in [0.1, 0.15) is 31.4 Å². The Morgan fingerprint density at radius 2 is 1.85 bits per heavy atom. The van der Waals surface area contributed by atoms with Gasteiger partial charge in [-0.3, -0.25) is 9.59 Å². The maximum atomic E-state index is 12.8. The Bertz CT molecular complexity index is 788. The summed E-state index contributed by atoms with van der Waals surface area (Å²) in [6.45, 7) is 1.45. The summed E-state index contributed by atoms with van der Waals surface area (Å²) < 4.78 is 5.41. The van der Waals surface area contributed by atoms with Gasteiger partial charge in [-0.15, -0.1) is 0 Å². The molecule has 1 saturated carbocycles. The summed E-state index contributed by atoms with van der Waals surface area (Å²) in [5.41, 5.74) is 2.13. The first-order valence-electron chi connectivity index (χ1n) is 8.64. The molecule has 3 N–H and O–H groups in total. The Labute approximate surface area is 152 Å². The van der Waals surface area contributed by atoms with E-state index in [0.717, 1.165) is 18.4 Å². The Morgan fingerprint density at radius 1 is 1.12 bits per heavy atom. The normalized spacial score (nSPS) is 14.2. The van der Waals surface area contributed by atoms with E-state index in [1.165, 1.54) is 6.92 Å². The first kappa shape index (κ1) is 17.8. The molecule has 0 saturated heterocycles. The smallest absolute Gasteiger partial charge is 0.247 e. The Morgan fingerprint density at radius 3 is 2.46 bits per heavy atom. The van der Waals surface area contributed by atoms with Crippen molar-refractivity contribution in [1.82, 2.24) is 5.32 Å². The predicted octanol–water partition coefficient (Wildman–Crippen LogP) is 3.09. The number of carbonyl (C=O) groups excluding carboxylic acids is 2. The second kappa shape index (κ2) is 7.91. The third-order valence-corrected chi connectivity index (χ3v) is 4.14. The van der Waals surface area contributed by atoms with Gasteiger partial charge in [-0.25, -0.2) is 0 Å². The number of benzene rings is 2. The summed E-state index contributed by atoms with van der Waals surface area (Å²) in [6.07, 6.45) is 2.04. The zero-order valence-corrected chi connectivity index (χ0v) is 14.9. The van der Waals surface area contributed by atoms with Crippen LogP contribution in [0.15, 0.2) is 48.5 Å². The SMILES string of the molecule is COc1ccc(NC(C)=O)cc1N[C@H](C(=O)NC1CC1)c1ccccc1. The molecule has 136 valence electrons. The Hall–Kier alpha value is -3.02. The van der Waals surface area contributed by atoms with Gasteiger partial charge in [-0.05, 0) is 36.6 Å². The molecule has 2 aromatic carbocycles. The minimum Gasteiger partial charge on any atom is -0.495 e. The maximum Gasteiger partial charge on any atom is 0.247 e. The molecule has 6 nitrogen and oxygen atoms in total. The highest BCUT2D eigenvalue weighted by molar-refractivity contribution is 5.91. The van der Waals surface area contributed by atoms with E-state index >= 15 is 0 Å². The van der Waals surface area contributed by atoms with Gasteiger partial charge in [0.25, 0.3) is 0 Å².